The van der Waals surface area contributed by atoms with Crippen LogP contribution < -0.4 is 9.64 Å². The van der Waals surface area contributed by atoms with Gasteiger partial charge in [0.2, 0.25) is 6.29 Å². The minimum atomic E-state index is -1.81. The van der Waals surface area contributed by atoms with Crippen LogP contribution in [0.5, 0.6) is 17.2 Å². The summed E-state index contributed by atoms with van der Waals surface area (Å²) in [6.45, 7) is -0.633. The van der Waals surface area contributed by atoms with Gasteiger partial charge in [-0.05, 0) is 59.4 Å². The number of carboxylic acid groups (broad SMARTS) is 1. The molecule has 15 nitrogen and oxygen atoms in total. The van der Waals surface area contributed by atoms with Crippen molar-refractivity contribution >= 4 is 35.6 Å². The van der Waals surface area contributed by atoms with Crippen molar-refractivity contribution < 1.29 is 59.9 Å². The van der Waals surface area contributed by atoms with E-state index in [0.29, 0.717) is 47.5 Å². The van der Waals surface area contributed by atoms with Crippen LogP contribution in [-0.4, -0.2) is 115 Å². The van der Waals surface area contributed by atoms with E-state index in [1.54, 1.807) is 36.5 Å². The van der Waals surface area contributed by atoms with Gasteiger partial charge in [-0.15, -0.1) is 0 Å². The van der Waals surface area contributed by atoms with Crippen molar-refractivity contribution in [1.29, 1.82) is 0 Å². The second kappa shape index (κ2) is 15.6. The molecule has 0 unspecified atom stereocenters. The van der Waals surface area contributed by atoms with Crippen molar-refractivity contribution in [1.82, 2.24) is 0 Å². The largest absolute Gasteiger partial charge is 0.508 e. The predicted molar refractivity (Wildman–Crippen MR) is 186 cm³/mol. The molecule has 3 aliphatic heterocycles. The Bertz CT molecular complexity index is 1910. The highest BCUT2D eigenvalue weighted by molar-refractivity contribution is 6.32. The summed E-state index contributed by atoms with van der Waals surface area (Å²) >= 11 is 0. The van der Waals surface area contributed by atoms with Crippen LogP contribution in [0.4, 0.5) is 5.69 Å². The first-order valence-corrected chi connectivity index (χ1v) is 16.6. The Morgan fingerprint density at radius 3 is 2.40 bits per heavy atom. The number of fused-ring (bicyclic) bond motifs is 1. The number of phenolic OH excluding ortho intramolecular Hbond substituents is 2. The molecule has 3 aliphatic rings. The van der Waals surface area contributed by atoms with Gasteiger partial charge in [-0.25, -0.2) is 4.79 Å². The zero-order valence-electron chi connectivity index (χ0n) is 27.8. The number of rotatable bonds is 12. The van der Waals surface area contributed by atoms with E-state index in [0.717, 1.165) is 10.5 Å². The van der Waals surface area contributed by atoms with E-state index < -0.39 is 66.9 Å². The molecule has 0 aliphatic carbocycles. The van der Waals surface area contributed by atoms with Gasteiger partial charge in [0.25, 0.3) is 5.91 Å². The average molecular weight is 718 g/mol. The second-order valence-electron chi connectivity index (χ2n) is 12.8. The number of anilines is 1. The van der Waals surface area contributed by atoms with E-state index in [2.05, 4.69) is 9.98 Å². The molecule has 15 heteroatoms. The van der Waals surface area contributed by atoms with Gasteiger partial charge in [-0.1, -0.05) is 30.3 Å². The average Bonchev–Trinajstić information content (AvgIpc) is 3.77. The monoisotopic (exact) mass is 717 g/mol. The molecule has 0 radical (unpaired) electrons. The number of ether oxygens (including phenoxy) is 2. The lowest BCUT2D eigenvalue weighted by Crippen LogP contribution is -2.60. The highest BCUT2D eigenvalue weighted by Crippen LogP contribution is 2.49. The number of phenols is 2. The van der Waals surface area contributed by atoms with E-state index in [1.165, 1.54) is 30.4 Å². The van der Waals surface area contributed by atoms with Crippen LogP contribution in [-0.2, 0) is 33.8 Å². The molecule has 3 heterocycles. The third-order valence-corrected chi connectivity index (χ3v) is 9.51. The minimum absolute atomic E-state index is 0.0308. The number of aromatic hydroxyl groups is 2. The van der Waals surface area contributed by atoms with E-state index in [1.807, 2.05) is 6.07 Å². The molecule has 6 rings (SSSR count). The van der Waals surface area contributed by atoms with E-state index in [-0.39, 0.29) is 30.2 Å². The maximum Gasteiger partial charge on any atom is 0.327 e. The van der Waals surface area contributed by atoms with Crippen molar-refractivity contribution in [3.05, 3.63) is 88.5 Å². The Labute approximate surface area is 297 Å². The summed E-state index contributed by atoms with van der Waals surface area (Å²) in [5, 5.41) is 82.6. The lowest BCUT2D eigenvalue weighted by Gasteiger charge is -2.39. The smallest absolute Gasteiger partial charge is 0.327 e. The number of benzene rings is 3. The number of hydrogen-bond donors (Lipinski definition) is 8. The van der Waals surface area contributed by atoms with Gasteiger partial charge in [0, 0.05) is 36.3 Å². The lowest BCUT2D eigenvalue weighted by molar-refractivity contribution is -0.277. The Kier molecular flexibility index (Phi) is 11.0. The molecular formula is C37H39N3O12. The van der Waals surface area contributed by atoms with Crippen molar-refractivity contribution in [2.24, 2.45) is 9.98 Å². The predicted octanol–water partition coefficient (Wildman–Crippen LogP) is 1.02. The van der Waals surface area contributed by atoms with Gasteiger partial charge >= 0.3 is 5.97 Å². The number of aliphatic carboxylic acids is 1. The number of carbonyl (C=O) groups is 2. The topological polar surface area (TPSA) is 242 Å². The van der Waals surface area contributed by atoms with Crippen molar-refractivity contribution in [2.75, 3.05) is 18.2 Å². The number of carbonyl (C=O) groups excluding carboxylic acids is 1. The molecule has 1 amide bonds. The lowest BCUT2D eigenvalue weighted by atomic mass is 9.87. The molecule has 1 saturated heterocycles. The summed E-state index contributed by atoms with van der Waals surface area (Å²) in [7, 11) is 0. The number of aryl methyl sites for hydroxylation is 1. The second-order valence-corrected chi connectivity index (χ2v) is 12.8. The van der Waals surface area contributed by atoms with Gasteiger partial charge in [-0.3, -0.25) is 19.7 Å². The molecule has 7 atom stereocenters. The number of aliphatic hydroxyl groups excluding tert-OH is 5. The third kappa shape index (κ3) is 7.41. The normalized spacial score (nSPS) is 25.4. The van der Waals surface area contributed by atoms with Crippen LogP contribution >= 0.6 is 0 Å². The third-order valence-electron chi connectivity index (χ3n) is 9.51. The van der Waals surface area contributed by atoms with Crippen LogP contribution in [0.25, 0.3) is 6.08 Å². The van der Waals surface area contributed by atoms with E-state index in [4.69, 9.17) is 9.47 Å². The molecule has 274 valence electrons. The van der Waals surface area contributed by atoms with E-state index in [9.17, 15) is 50.4 Å². The van der Waals surface area contributed by atoms with Crippen molar-refractivity contribution in [2.45, 2.75) is 68.5 Å². The molecule has 3 aromatic carbocycles. The first-order valence-electron chi connectivity index (χ1n) is 16.6. The minimum Gasteiger partial charge on any atom is -0.508 e. The number of hydrogen-bond acceptors (Lipinski definition) is 13. The summed E-state index contributed by atoms with van der Waals surface area (Å²) in [5.41, 5.74) is 3.62. The Morgan fingerprint density at radius 1 is 0.942 bits per heavy atom. The molecule has 52 heavy (non-hydrogen) atoms. The quantitative estimate of drug-likeness (QED) is 0.123. The van der Waals surface area contributed by atoms with Crippen LogP contribution in [0.3, 0.4) is 0 Å². The first kappa shape index (κ1) is 36.6. The molecular weight excluding hydrogens is 678 g/mol. The fourth-order valence-corrected chi connectivity index (χ4v) is 6.80. The maximum atomic E-state index is 14.0. The molecule has 0 saturated carbocycles. The molecule has 0 spiro atoms. The van der Waals surface area contributed by atoms with E-state index >= 15 is 0 Å². The van der Waals surface area contributed by atoms with Crippen LogP contribution in [0.1, 0.15) is 40.2 Å². The van der Waals surface area contributed by atoms with Gasteiger partial charge in [-0.2, -0.15) is 0 Å². The molecule has 1 fully saturated rings. The number of aliphatic hydroxyl groups is 5. The van der Waals surface area contributed by atoms with Gasteiger partial charge in [0.05, 0.1) is 24.6 Å². The zero-order valence-corrected chi connectivity index (χ0v) is 27.8. The zero-order chi connectivity index (χ0) is 37.1. The maximum absolute atomic E-state index is 14.0. The highest BCUT2D eigenvalue weighted by atomic mass is 16.7. The SMILES string of the molecule is O=C(O)[C@H]1[C@@H](CCc2ccccc2CO)c2cc(O)c(O[C@H]3O[C@H](CO)[C@@H](O)[C@H](O)[C@H]3O)cc2N1C(=O)C=Cc1ccc(O)c(CC2=NCN=C2)c1. The summed E-state index contributed by atoms with van der Waals surface area (Å²) < 4.78 is 11.2. The summed E-state index contributed by atoms with van der Waals surface area (Å²) in [5.74, 6) is -3.67. The summed E-state index contributed by atoms with van der Waals surface area (Å²) in [4.78, 5) is 36.4. The molecule has 0 aromatic heterocycles. The summed E-state index contributed by atoms with van der Waals surface area (Å²) in [6, 6.07) is 12.9. The fourth-order valence-electron chi connectivity index (χ4n) is 6.80. The Morgan fingerprint density at radius 2 is 1.71 bits per heavy atom. The Hall–Kier alpha value is -5.16. The first-order chi connectivity index (χ1) is 25.0. The highest BCUT2D eigenvalue weighted by Gasteiger charge is 2.48. The standard InChI is InChI=1S/C37H39N3O12/c41-16-21-4-2-1-3-20(21)7-8-24-25-13-28(44)29(51-37-35(48)34(47)33(46)30(17-42)52-37)14-26(25)40(32(24)36(49)50)31(45)10-6-19-5-9-27(43)22(11-19)12-23-15-38-18-39-23/h1-6,9-11,13-15,24,30,32-35,37,41-44,46-48H,7-8,12,16-18H2,(H,49,50)/t24-,30+,32+,33+,34-,35+,37-/m0/s1. The van der Waals surface area contributed by atoms with Crippen LogP contribution in [0.15, 0.2) is 70.7 Å². The van der Waals surface area contributed by atoms with Gasteiger partial charge in [0.15, 0.2) is 11.5 Å². The Balaban J connectivity index is 1.35. The molecule has 3 aromatic rings. The molecule has 0 bridgehead atoms. The number of amides is 1. The van der Waals surface area contributed by atoms with Gasteiger partial charge < -0.3 is 50.3 Å². The number of nitrogens with zero attached hydrogens (tertiary/aromatic N) is 3. The van der Waals surface area contributed by atoms with Crippen molar-refractivity contribution in [3.63, 3.8) is 0 Å². The fraction of sp³-hybridized carbons (Fsp3) is 0.351. The molecule has 8 N–H and O–H groups in total. The van der Waals surface area contributed by atoms with Gasteiger partial charge in [0.1, 0.15) is 42.9 Å². The number of carboxylic acids is 1. The summed E-state index contributed by atoms with van der Waals surface area (Å²) in [6.07, 6.45) is -3.06. The number of aliphatic imine (C=N–C) groups is 2. The van der Waals surface area contributed by atoms with Crippen LogP contribution in [0.2, 0.25) is 0 Å². The van der Waals surface area contributed by atoms with Crippen LogP contribution in [0, 0.1) is 0 Å². The van der Waals surface area contributed by atoms with Crippen molar-refractivity contribution in [3.8, 4) is 17.2 Å².